The molecule has 21 heavy (non-hydrogen) atoms. The van der Waals surface area contributed by atoms with E-state index in [1.807, 2.05) is 24.3 Å². The molecular formula is C16H19NO4. The molecule has 112 valence electrons. The average Bonchev–Trinajstić information content (AvgIpc) is 2.53. The van der Waals surface area contributed by atoms with E-state index in [2.05, 4.69) is 0 Å². The van der Waals surface area contributed by atoms with Crippen molar-refractivity contribution < 1.29 is 19.4 Å². The van der Waals surface area contributed by atoms with Crippen molar-refractivity contribution in [1.29, 1.82) is 0 Å². The van der Waals surface area contributed by atoms with E-state index in [0.717, 1.165) is 0 Å². The van der Waals surface area contributed by atoms with Gasteiger partial charge >= 0.3 is 5.97 Å². The third-order valence-corrected chi connectivity index (χ3v) is 3.84. The summed E-state index contributed by atoms with van der Waals surface area (Å²) in [5.74, 6) is -1.74. The number of carbonyl (C=O) groups excluding carboxylic acids is 1. The zero-order valence-electron chi connectivity index (χ0n) is 12.2. The Morgan fingerprint density at radius 3 is 2.43 bits per heavy atom. The smallest absolute Gasteiger partial charge is 0.307 e. The predicted molar refractivity (Wildman–Crippen MR) is 79.4 cm³/mol. The molecule has 0 radical (unpaired) electrons. The van der Waals surface area contributed by atoms with Crippen molar-refractivity contribution in [2.24, 2.45) is 11.8 Å². The van der Waals surface area contributed by atoms with Crippen molar-refractivity contribution in [3.8, 4) is 5.75 Å². The molecule has 5 heteroatoms. The minimum atomic E-state index is -0.925. The fourth-order valence-corrected chi connectivity index (χ4v) is 2.63. The van der Waals surface area contributed by atoms with E-state index >= 15 is 0 Å². The summed E-state index contributed by atoms with van der Waals surface area (Å²) in [4.78, 5) is 25.5. The lowest BCUT2D eigenvalue weighted by atomic mass is 9.82. The van der Waals surface area contributed by atoms with Gasteiger partial charge in [0.1, 0.15) is 5.75 Å². The van der Waals surface area contributed by atoms with Gasteiger partial charge in [0.25, 0.3) is 0 Å². The minimum absolute atomic E-state index is 0.198. The van der Waals surface area contributed by atoms with Gasteiger partial charge in [0.15, 0.2) is 0 Å². The van der Waals surface area contributed by atoms with Crippen LogP contribution in [0.1, 0.15) is 12.8 Å². The highest BCUT2D eigenvalue weighted by Gasteiger charge is 2.36. The number of hydrogen-bond acceptors (Lipinski definition) is 3. The Kier molecular flexibility index (Phi) is 4.62. The number of anilines is 1. The molecular weight excluding hydrogens is 270 g/mol. The lowest BCUT2D eigenvalue weighted by Crippen LogP contribution is -2.40. The number of rotatable bonds is 4. The van der Waals surface area contributed by atoms with E-state index in [9.17, 15) is 14.7 Å². The van der Waals surface area contributed by atoms with Crippen LogP contribution >= 0.6 is 0 Å². The molecule has 1 amide bonds. The summed E-state index contributed by atoms with van der Waals surface area (Å²) in [6, 6.07) is 7.20. The van der Waals surface area contributed by atoms with Gasteiger partial charge in [-0.05, 0) is 25.0 Å². The number of benzene rings is 1. The predicted octanol–water partition coefficient (Wildman–Crippen LogP) is 2.33. The highest BCUT2D eigenvalue weighted by atomic mass is 16.5. The third kappa shape index (κ3) is 3.07. The first-order chi connectivity index (χ1) is 10.1. The van der Waals surface area contributed by atoms with Crippen molar-refractivity contribution in [2.75, 3.05) is 19.1 Å². The molecule has 0 saturated heterocycles. The van der Waals surface area contributed by atoms with Gasteiger partial charge < -0.3 is 14.7 Å². The molecule has 5 nitrogen and oxygen atoms in total. The van der Waals surface area contributed by atoms with Gasteiger partial charge in [0, 0.05) is 7.05 Å². The summed E-state index contributed by atoms with van der Waals surface area (Å²) in [5, 5.41) is 9.28. The molecule has 0 aliphatic heterocycles. The quantitative estimate of drug-likeness (QED) is 0.864. The maximum atomic E-state index is 12.7. The number of methoxy groups -OCH3 is 1. The van der Waals surface area contributed by atoms with Gasteiger partial charge in [-0.25, -0.2) is 0 Å². The summed E-state index contributed by atoms with van der Waals surface area (Å²) >= 11 is 0. The highest BCUT2D eigenvalue weighted by Crippen LogP contribution is 2.32. The molecule has 1 aromatic rings. The first-order valence-electron chi connectivity index (χ1n) is 6.84. The third-order valence-electron chi connectivity index (χ3n) is 3.84. The van der Waals surface area contributed by atoms with Crippen LogP contribution in [0.2, 0.25) is 0 Å². The molecule has 2 atom stereocenters. The van der Waals surface area contributed by atoms with Crippen molar-refractivity contribution in [2.45, 2.75) is 12.8 Å². The summed E-state index contributed by atoms with van der Waals surface area (Å²) in [6.07, 6.45) is 4.55. The molecule has 0 aromatic heterocycles. The molecule has 0 saturated carbocycles. The number of aliphatic carboxylic acids is 1. The molecule has 1 aliphatic carbocycles. The van der Waals surface area contributed by atoms with Crippen LogP contribution in [0, 0.1) is 11.8 Å². The van der Waals surface area contributed by atoms with E-state index < -0.39 is 17.8 Å². The zero-order valence-corrected chi connectivity index (χ0v) is 12.2. The lowest BCUT2D eigenvalue weighted by molar-refractivity contribution is -0.146. The summed E-state index contributed by atoms with van der Waals surface area (Å²) in [7, 11) is 3.19. The number of allylic oxidation sites excluding steroid dienone is 2. The number of hydrogen-bond donors (Lipinski definition) is 1. The Labute approximate surface area is 123 Å². The molecule has 1 aliphatic rings. The zero-order chi connectivity index (χ0) is 15.4. The van der Waals surface area contributed by atoms with E-state index in [0.29, 0.717) is 24.3 Å². The fraction of sp³-hybridized carbons (Fsp3) is 0.375. The van der Waals surface area contributed by atoms with Gasteiger partial charge in [-0.2, -0.15) is 0 Å². The lowest BCUT2D eigenvalue weighted by Gasteiger charge is -2.29. The van der Waals surface area contributed by atoms with Gasteiger partial charge in [-0.1, -0.05) is 24.3 Å². The molecule has 0 fully saturated rings. The monoisotopic (exact) mass is 289 g/mol. The summed E-state index contributed by atoms with van der Waals surface area (Å²) < 4.78 is 5.25. The van der Waals surface area contributed by atoms with Crippen LogP contribution in [0.15, 0.2) is 36.4 Å². The summed E-state index contributed by atoms with van der Waals surface area (Å²) in [5.41, 5.74) is 0.642. The van der Waals surface area contributed by atoms with E-state index in [1.54, 1.807) is 26.3 Å². The SMILES string of the molecule is COc1ccccc1N(C)C(=O)[C@@H]1CC=CC[C@@H]1C(=O)O. The molecule has 0 unspecified atom stereocenters. The topological polar surface area (TPSA) is 66.8 Å². The second-order valence-electron chi connectivity index (χ2n) is 5.06. The Morgan fingerprint density at radius 1 is 1.19 bits per heavy atom. The maximum absolute atomic E-state index is 12.7. The van der Waals surface area contributed by atoms with Crippen LogP contribution < -0.4 is 9.64 Å². The van der Waals surface area contributed by atoms with Crippen LogP contribution in [-0.2, 0) is 9.59 Å². The molecule has 2 rings (SSSR count). The van der Waals surface area contributed by atoms with Gasteiger partial charge in [0.05, 0.1) is 24.6 Å². The van der Waals surface area contributed by atoms with E-state index in [1.165, 1.54) is 4.90 Å². The highest BCUT2D eigenvalue weighted by molar-refractivity contribution is 5.98. The number of nitrogens with zero attached hydrogens (tertiary/aromatic N) is 1. The van der Waals surface area contributed by atoms with Gasteiger partial charge in [-0.3, -0.25) is 9.59 Å². The first kappa shape index (κ1) is 15.1. The van der Waals surface area contributed by atoms with Gasteiger partial charge in [-0.15, -0.1) is 0 Å². The van der Waals surface area contributed by atoms with Crippen molar-refractivity contribution in [1.82, 2.24) is 0 Å². The molecule has 0 spiro atoms. The Bertz CT molecular complexity index is 567. The Hall–Kier alpha value is -2.30. The number of ether oxygens (including phenoxy) is 1. The second-order valence-corrected chi connectivity index (χ2v) is 5.06. The van der Waals surface area contributed by atoms with Crippen LogP contribution in [-0.4, -0.2) is 31.1 Å². The Balaban J connectivity index is 2.26. The summed E-state index contributed by atoms with van der Waals surface area (Å²) in [6.45, 7) is 0. The second kappa shape index (κ2) is 6.43. The number of amides is 1. The number of carboxylic acids is 1. The fourth-order valence-electron chi connectivity index (χ4n) is 2.63. The minimum Gasteiger partial charge on any atom is -0.495 e. The van der Waals surface area contributed by atoms with E-state index in [-0.39, 0.29) is 5.91 Å². The molecule has 1 N–H and O–H groups in total. The van der Waals surface area contributed by atoms with Crippen LogP contribution in [0.25, 0.3) is 0 Å². The number of para-hydroxylation sites is 2. The molecule has 0 heterocycles. The van der Waals surface area contributed by atoms with Crippen LogP contribution in [0.4, 0.5) is 5.69 Å². The van der Waals surface area contributed by atoms with Crippen molar-refractivity contribution in [3.63, 3.8) is 0 Å². The van der Waals surface area contributed by atoms with Crippen molar-refractivity contribution >= 4 is 17.6 Å². The van der Waals surface area contributed by atoms with E-state index in [4.69, 9.17) is 4.74 Å². The average molecular weight is 289 g/mol. The molecule has 1 aromatic carbocycles. The first-order valence-corrected chi connectivity index (χ1v) is 6.84. The van der Waals surface area contributed by atoms with Crippen LogP contribution in [0.3, 0.4) is 0 Å². The number of carbonyl (C=O) groups is 2. The number of carboxylic acid groups (broad SMARTS) is 1. The van der Waals surface area contributed by atoms with Crippen molar-refractivity contribution in [3.05, 3.63) is 36.4 Å². The van der Waals surface area contributed by atoms with Crippen LogP contribution in [0.5, 0.6) is 5.75 Å². The largest absolute Gasteiger partial charge is 0.495 e. The Morgan fingerprint density at radius 2 is 1.81 bits per heavy atom. The maximum Gasteiger partial charge on any atom is 0.307 e. The standard InChI is InChI=1S/C16H19NO4/c1-17(13-9-5-6-10-14(13)21-2)15(18)11-7-3-4-8-12(11)16(19)20/h3-6,9-12H,7-8H2,1-2H3,(H,19,20)/t11-,12+/m1/s1. The normalized spacial score (nSPS) is 20.9. The molecule has 0 bridgehead atoms. The van der Waals surface area contributed by atoms with Gasteiger partial charge in [0.2, 0.25) is 5.91 Å².